The molecule has 0 saturated carbocycles. The van der Waals surface area contributed by atoms with Crippen LogP contribution in [0.2, 0.25) is 0 Å². The number of rotatable bonds is 6. The quantitative estimate of drug-likeness (QED) is 0.764. The van der Waals surface area contributed by atoms with Crippen molar-refractivity contribution in [1.29, 1.82) is 0 Å². The van der Waals surface area contributed by atoms with E-state index in [-0.39, 0.29) is 17.6 Å². The number of benzene rings is 1. The van der Waals surface area contributed by atoms with Gasteiger partial charge in [0.05, 0.1) is 19.4 Å². The molecule has 0 bridgehead atoms. The van der Waals surface area contributed by atoms with E-state index < -0.39 is 24.2 Å². The Balaban J connectivity index is 2.84. The molecule has 0 saturated heterocycles. The van der Waals surface area contributed by atoms with Crippen LogP contribution in [0.1, 0.15) is 43.6 Å². The van der Waals surface area contributed by atoms with Gasteiger partial charge in [-0.1, -0.05) is 32.9 Å². The van der Waals surface area contributed by atoms with Gasteiger partial charge in [0.25, 0.3) is 5.91 Å². The fourth-order valence-corrected chi connectivity index (χ4v) is 1.95. The molecule has 2 N–H and O–H groups in total. The molecule has 0 aliphatic carbocycles. The van der Waals surface area contributed by atoms with Crippen molar-refractivity contribution in [2.75, 3.05) is 13.2 Å². The number of nitrogens with one attached hydrogen (secondary N) is 1. The lowest BCUT2D eigenvalue weighted by Crippen LogP contribution is -2.52. The van der Waals surface area contributed by atoms with Crippen LogP contribution < -0.4 is 5.32 Å². The van der Waals surface area contributed by atoms with E-state index in [4.69, 9.17) is 4.74 Å². The van der Waals surface area contributed by atoms with E-state index in [1.165, 1.54) is 0 Å². The molecule has 0 aliphatic rings. The number of halogens is 3. The second-order valence-electron chi connectivity index (χ2n) is 6.69. The van der Waals surface area contributed by atoms with Crippen molar-refractivity contribution in [3.05, 3.63) is 47.7 Å². The van der Waals surface area contributed by atoms with Crippen LogP contribution in [-0.2, 0) is 10.2 Å². The minimum absolute atomic E-state index is 0.102. The third-order valence-corrected chi connectivity index (χ3v) is 3.63. The fraction of sp³-hybridized carbons (Fsp3) is 0.500. The Kier molecular flexibility index (Phi) is 6.65. The average Bonchev–Trinajstić information content (AvgIpc) is 2.51. The summed E-state index contributed by atoms with van der Waals surface area (Å²) in [5.41, 5.74) is -2.10. The molecule has 0 unspecified atom stereocenters. The van der Waals surface area contributed by atoms with Gasteiger partial charge < -0.3 is 15.2 Å². The van der Waals surface area contributed by atoms with E-state index in [0.717, 1.165) is 11.8 Å². The average molecular weight is 359 g/mol. The lowest BCUT2D eigenvalue weighted by atomic mass is 9.86. The second-order valence-corrected chi connectivity index (χ2v) is 6.69. The van der Waals surface area contributed by atoms with Crippen LogP contribution >= 0.6 is 0 Å². The Hall–Kier alpha value is -2.02. The molecule has 0 heterocycles. The third-order valence-electron chi connectivity index (χ3n) is 3.63. The highest BCUT2D eigenvalue weighted by Gasteiger charge is 2.52. The van der Waals surface area contributed by atoms with Crippen LogP contribution in [0.4, 0.5) is 13.2 Å². The fourth-order valence-electron chi connectivity index (χ4n) is 1.95. The van der Waals surface area contributed by atoms with Crippen LogP contribution in [0.15, 0.2) is 36.6 Å². The highest BCUT2D eigenvalue weighted by molar-refractivity contribution is 5.94. The zero-order valence-electron chi connectivity index (χ0n) is 14.8. The van der Waals surface area contributed by atoms with Gasteiger partial charge in [0.15, 0.2) is 5.60 Å². The number of ether oxygens (including phenoxy) is 1. The first-order valence-electron chi connectivity index (χ1n) is 7.88. The smallest absolute Gasteiger partial charge is 0.422 e. The Morgan fingerprint density at radius 3 is 2.20 bits per heavy atom. The number of hydrogen-bond acceptors (Lipinski definition) is 3. The molecule has 1 atom stereocenters. The molecule has 1 amide bonds. The first kappa shape index (κ1) is 21.0. The predicted molar refractivity (Wildman–Crippen MR) is 89.2 cm³/mol. The van der Waals surface area contributed by atoms with Crippen molar-refractivity contribution in [2.45, 2.75) is 44.9 Å². The highest BCUT2D eigenvalue weighted by atomic mass is 19.4. The molecule has 1 rings (SSSR count). The number of hydrogen-bond donors (Lipinski definition) is 2. The molecule has 25 heavy (non-hydrogen) atoms. The summed E-state index contributed by atoms with van der Waals surface area (Å²) in [6.07, 6.45) is -3.69. The number of alkyl halides is 3. The second kappa shape index (κ2) is 7.91. The Morgan fingerprint density at radius 1 is 1.20 bits per heavy atom. The van der Waals surface area contributed by atoms with E-state index in [9.17, 15) is 23.1 Å². The Morgan fingerprint density at radius 2 is 1.76 bits per heavy atom. The summed E-state index contributed by atoms with van der Waals surface area (Å²) in [5, 5.41) is 11.9. The molecule has 140 valence electrons. The van der Waals surface area contributed by atoms with Crippen molar-refractivity contribution >= 4 is 5.91 Å². The molecular formula is C18H24F3NO3. The van der Waals surface area contributed by atoms with E-state index in [2.05, 4.69) is 5.32 Å². The van der Waals surface area contributed by atoms with Crippen molar-refractivity contribution in [3.63, 3.8) is 0 Å². The maximum absolute atomic E-state index is 13.1. The van der Waals surface area contributed by atoms with Gasteiger partial charge in [-0.15, -0.1) is 0 Å². The molecule has 0 aromatic heterocycles. The molecule has 1 aromatic carbocycles. The first-order valence-corrected chi connectivity index (χ1v) is 7.88. The highest BCUT2D eigenvalue weighted by Crippen LogP contribution is 2.31. The predicted octanol–water partition coefficient (Wildman–Crippen LogP) is 3.56. The summed E-state index contributed by atoms with van der Waals surface area (Å²) in [6.45, 7) is 6.78. The zero-order valence-corrected chi connectivity index (χ0v) is 14.8. The summed E-state index contributed by atoms with van der Waals surface area (Å²) in [5.74, 6) is -0.701. The van der Waals surface area contributed by atoms with Gasteiger partial charge in [0.2, 0.25) is 0 Å². The topological polar surface area (TPSA) is 58.6 Å². The number of carbonyl (C=O) groups excluding carboxylic acids is 1. The van der Waals surface area contributed by atoms with Crippen LogP contribution in [0.3, 0.4) is 0 Å². The van der Waals surface area contributed by atoms with Crippen molar-refractivity contribution < 1.29 is 27.8 Å². The number of amides is 1. The Labute approximate surface area is 145 Å². The maximum atomic E-state index is 13.1. The lowest BCUT2D eigenvalue weighted by Gasteiger charge is -2.27. The van der Waals surface area contributed by atoms with Crippen LogP contribution in [0.25, 0.3) is 0 Å². The molecule has 0 spiro atoms. The van der Waals surface area contributed by atoms with Crippen LogP contribution in [-0.4, -0.2) is 35.9 Å². The van der Waals surface area contributed by atoms with Crippen molar-refractivity contribution in [2.24, 2.45) is 0 Å². The van der Waals surface area contributed by atoms with Gasteiger partial charge in [-0.3, -0.25) is 4.79 Å². The molecular weight excluding hydrogens is 335 g/mol. The van der Waals surface area contributed by atoms with Gasteiger partial charge in [-0.2, -0.15) is 13.2 Å². The third kappa shape index (κ3) is 5.77. The molecule has 1 aromatic rings. The van der Waals surface area contributed by atoms with E-state index >= 15 is 0 Å². The standard InChI is InChI=1S/C18H24F3NO3/c1-5-25-11-10-17(24,18(19,20)21)12-22-15(23)13-6-8-14(9-7-13)16(2,3)4/h6-11,24H,5,12H2,1-4H3,(H,22,23)/b11-10+/t17-/m1/s1. The lowest BCUT2D eigenvalue weighted by molar-refractivity contribution is -0.237. The first-order chi connectivity index (χ1) is 11.4. The summed E-state index contributed by atoms with van der Waals surface area (Å²) in [4.78, 5) is 12.1. The van der Waals surface area contributed by atoms with Gasteiger partial charge in [0.1, 0.15) is 0 Å². The van der Waals surface area contributed by atoms with Gasteiger partial charge >= 0.3 is 6.18 Å². The monoisotopic (exact) mass is 359 g/mol. The largest absolute Gasteiger partial charge is 0.502 e. The maximum Gasteiger partial charge on any atom is 0.422 e. The molecule has 7 heteroatoms. The Bertz CT molecular complexity index is 603. The minimum Gasteiger partial charge on any atom is -0.502 e. The molecule has 0 radical (unpaired) electrons. The summed E-state index contributed by atoms with van der Waals surface area (Å²) in [6, 6.07) is 6.58. The van der Waals surface area contributed by atoms with Crippen LogP contribution in [0.5, 0.6) is 0 Å². The molecule has 0 fully saturated rings. The van der Waals surface area contributed by atoms with Gasteiger partial charge in [-0.05, 0) is 36.1 Å². The van der Waals surface area contributed by atoms with E-state index in [1.807, 2.05) is 20.8 Å². The minimum atomic E-state index is -4.95. The molecule has 4 nitrogen and oxygen atoms in total. The van der Waals surface area contributed by atoms with Gasteiger partial charge in [-0.25, -0.2) is 0 Å². The number of aliphatic hydroxyl groups is 1. The summed E-state index contributed by atoms with van der Waals surface area (Å²) >= 11 is 0. The van der Waals surface area contributed by atoms with E-state index in [1.54, 1.807) is 31.2 Å². The summed E-state index contributed by atoms with van der Waals surface area (Å²) in [7, 11) is 0. The van der Waals surface area contributed by atoms with Gasteiger partial charge in [0, 0.05) is 5.56 Å². The van der Waals surface area contributed by atoms with Crippen molar-refractivity contribution in [3.8, 4) is 0 Å². The van der Waals surface area contributed by atoms with E-state index in [0.29, 0.717) is 6.08 Å². The normalized spacial score (nSPS) is 15.0. The van der Waals surface area contributed by atoms with Crippen molar-refractivity contribution in [1.82, 2.24) is 5.32 Å². The number of carbonyl (C=O) groups is 1. The summed E-state index contributed by atoms with van der Waals surface area (Å²) < 4.78 is 43.9. The molecule has 0 aliphatic heterocycles. The zero-order chi connectivity index (χ0) is 19.3. The van der Waals surface area contributed by atoms with Crippen LogP contribution in [0, 0.1) is 0 Å². The SMILES string of the molecule is CCO/C=C/[C@@](O)(CNC(=O)c1ccc(C(C)(C)C)cc1)C(F)(F)F.